The molecule has 1 N–H and O–H groups in total. The molecule has 0 spiro atoms. The molecule has 1 fully saturated rings. The fourth-order valence-corrected chi connectivity index (χ4v) is 3.54. The lowest BCUT2D eigenvalue weighted by molar-refractivity contribution is -0.137. The average molecular weight is 437 g/mol. The van der Waals surface area contributed by atoms with E-state index in [2.05, 4.69) is 10.2 Å². The van der Waals surface area contributed by atoms with Gasteiger partial charge in [-0.2, -0.15) is 18.3 Å². The monoisotopic (exact) mass is 437 g/mol. The molecule has 2 aromatic heterocycles. The Labute approximate surface area is 172 Å². The lowest BCUT2D eigenvalue weighted by Gasteiger charge is -2.27. The molecule has 9 nitrogen and oxygen atoms in total. The number of hydrogen-bond acceptors (Lipinski definition) is 5. The number of halogens is 3. The minimum absolute atomic E-state index is 0.0354. The second kappa shape index (κ2) is 7.69. The van der Waals surface area contributed by atoms with E-state index in [9.17, 15) is 27.6 Å². The minimum Gasteiger partial charge on any atom is -0.378 e. The molecule has 1 aliphatic rings. The topological polar surface area (TPSA) is 102 Å². The van der Waals surface area contributed by atoms with Crippen LogP contribution in [0.4, 0.5) is 13.2 Å². The van der Waals surface area contributed by atoms with E-state index in [4.69, 9.17) is 4.74 Å². The van der Waals surface area contributed by atoms with Crippen LogP contribution in [0.3, 0.4) is 0 Å². The highest BCUT2D eigenvalue weighted by atomic mass is 19.4. The molecule has 0 radical (unpaired) electrons. The van der Waals surface area contributed by atoms with Gasteiger partial charge < -0.3 is 14.2 Å². The largest absolute Gasteiger partial charge is 0.416 e. The van der Waals surface area contributed by atoms with Crippen LogP contribution in [0.5, 0.6) is 0 Å². The zero-order chi connectivity index (χ0) is 22.3. The Morgan fingerprint density at radius 2 is 1.90 bits per heavy atom. The molecule has 0 unspecified atom stereocenters. The van der Waals surface area contributed by atoms with Gasteiger partial charge in [-0.1, -0.05) is 0 Å². The molecule has 0 saturated carbocycles. The molecule has 1 amide bonds. The zero-order valence-electron chi connectivity index (χ0n) is 16.4. The van der Waals surface area contributed by atoms with Gasteiger partial charge in [0.25, 0.3) is 5.56 Å². The molecule has 31 heavy (non-hydrogen) atoms. The van der Waals surface area contributed by atoms with Crippen molar-refractivity contribution in [2.24, 2.45) is 7.05 Å². The highest BCUT2D eigenvalue weighted by Gasteiger charge is 2.32. The number of carbonyl (C=O) groups excluding carboxylic acids is 1. The number of aromatic nitrogens is 4. The van der Waals surface area contributed by atoms with Crippen LogP contribution in [-0.2, 0) is 29.3 Å². The predicted octanol–water partition coefficient (Wildman–Crippen LogP) is 0.968. The third-order valence-corrected chi connectivity index (χ3v) is 5.16. The number of fused-ring (bicyclic) bond motifs is 1. The van der Waals surface area contributed by atoms with Crippen molar-refractivity contribution in [3.63, 3.8) is 0 Å². The van der Waals surface area contributed by atoms with E-state index in [1.807, 2.05) is 0 Å². The summed E-state index contributed by atoms with van der Waals surface area (Å²) < 4.78 is 47.1. The number of H-pyrrole nitrogens is 1. The number of hydrogen-bond donors (Lipinski definition) is 1. The van der Waals surface area contributed by atoms with Crippen LogP contribution >= 0.6 is 0 Å². The Hall–Kier alpha value is -3.41. The van der Waals surface area contributed by atoms with Crippen LogP contribution in [0.15, 0.2) is 34.1 Å². The third kappa shape index (κ3) is 3.85. The smallest absolute Gasteiger partial charge is 0.378 e. The molecule has 0 aliphatic carbocycles. The highest BCUT2D eigenvalue weighted by Crippen LogP contribution is 2.35. The Kier molecular flexibility index (Phi) is 5.17. The summed E-state index contributed by atoms with van der Waals surface area (Å²) in [6.07, 6.45) is -2.18. The molecule has 1 saturated heterocycles. The Balaban J connectivity index is 1.86. The standard InChI is InChI=1S/C19H18F3N5O4/c1-25-9-14(12-6-11(19(20,21)22)7-15-13(12)8-23-24-15)17(29)27(18(25)30)10-16(28)26-2-4-31-5-3-26/h6-9H,2-5,10H2,1H3,(H,23,24). The van der Waals surface area contributed by atoms with E-state index in [1.54, 1.807) is 0 Å². The van der Waals surface area contributed by atoms with Crippen molar-refractivity contribution in [1.29, 1.82) is 0 Å². The normalized spacial score (nSPS) is 14.9. The molecule has 3 aromatic rings. The first-order chi connectivity index (χ1) is 14.7. The highest BCUT2D eigenvalue weighted by molar-refractivity contribution is 5.94. The van der Waals surface area contributed by atoms with Gasteiger partial charge >= 0.3 is 11.9 Å². The Morgan fingerprint density at radius 1 is 1.19 bits per heavy atom. The Morgan fingerprint density at radius 3 is 2.58 bits per heavy atom. The van der Waals surface area contributed by atoms with Crippen molar-refractivity contribution in [2.75, 3.05) is 26.3 Å². The Bertz CT molecular complexity index is 1270. The van der Waals surface area contributed by atoms with E-state index < -0.39 is 35.4 Å². The molecule has 164 valence electrons. The van der Waals surface area contributed by atoms with E-state index in [1.165, 1.54) is 24.3 Å². The molecule has 4 rings (SSSR count). The van der Waals surface area contributed by atoms with Gasteiger partial charge in [0.1, 0.15) is 6.54 Å². The van der Waals surface area contributed by atoms with Crippen molar-refractivity contribution in [3.8, 4) is 11.1 Å². The number of morpholine rings is 1. The van der Waals surface area contributed by atoms with Crippen LogP contribution in [-0.4, -0.2) is 56.4 Å². The van der Waals surface area contributed by atoms with Gasteiger partial charge in [-0.15, -0.1) is 0 Å². The third-order valence-electron chi connectivity index (χ3n) is 5.16. The summed E-state index contributed by atoms with van der Waals surface area (Å²) in [5, 5.41) is 6.53. The van der Waals surface area contributed by atoms with Crippen LogP contribution < -0.4 is 11.2 Å². The lowest BCUT2D eigenvalue weighted by atomic mass is 10.0. The maximum Gasteiger partial charge on any atom is 0.416 e. The van der Waals surface area contributed by atoms with Crippen molar-refractivity contribution in [1.82, 2.24) is 24.2 Å². The summed E-state index contributed by atoms with van der Waals surface area (Å²) >= 11 is 0. The van der Waals surface area contributed by atoms with Gasteiger partial charge in [-0.3, -0.25) is 19.3 Å². The zero-order valence-corrected chi connectivity index (χ0v) is 16.4. The SMILES string of the molecule is Cn1cc(-c2cc(C(F)(F)F)cc3[nH]ncc23)c(=O)n(CC(=O)N2CCOCC2)c1=O. The molecule has 3 heterocycles. The van der Waals surface area contributed by atoms with Crippen LogP contribution in [0.25, 0.3) is 22.0 Å². The van der Waals surface area contributed by atoms with E-state index >= 15 is 0 Å². The van der Waals surface area contributed by atoms with Gasteiger partial charge in [0, 0.05) is 37.3 Å². The maximum absolute atomic E-state index is 13.4. The number of carbonyl (C=O) groups is 1. The molecule has 1 aliphatic heterocycles. The molecule has 12 heteroatoms. The van der Waals surface area contributed by atoms with Gasteiger partial charge in [0.15, 0.2) is 0 Å². The summed E-state index contributed by atoms with van der Waals surface area (Å²) in [6.45, 7) is 0.837. The first-order valence-electron chi connectivity index (χ1n) is 9.37. The van der Waals surface area contributed by atoms with Gasteiger partial charge in [-0.25, -0.2) is 4.79 Å². The summed E-state index contributed by atoms with van der Waals surface area (Å²) in [5.74, 6) is -0.447. The van der Waals surface area contributed by atoms with Gasteiger partial charge in [0.05, 0.1) is 36.1 Å². The number of nitrogens with zero attached hydrogens (tertiary/aromatic N) is 4. The van der Waals surface area contributed by atoms with Crippen LogP contribution in [0.2, 0.25) is 0 Å². The maximum atomic E-state index is 13.4. The first kappa shape index (κ1) is 20.8. The van der Waals surface area contributed by atoms with E-state index in [-0.39, 0.29) is 22.0 Å². The minimum atomic E-state index is -4.65. The second-order valence-electron chi connectivity index (χ2n) is 7.17. The predicted molar refractivity (Wildman–Crippen MR) is 103 cm³/mol. The summed E-state index contributed by atoms with van der Waals surface area (Å²) in [4.78, 5) is 39.8. The quantitative estimate of drug-likeness (QED) is 0.658. The van der Waals surface area contributed by atoms with Crippen LogP contribution in [0.1, 0.15) is 5.56 Å². The van der Waals surface area contributed by atoms with Crippen LogP contribution in [0, 0.1) is 0 Å². The fraction of sp³-hybridized carbons (Fsp3) is 0.368. The molecular formula is C19H18F3N5O4. The second-order valence-corrected chi connectivity index (χ2v) is 7.17. The number of alkyl halides is 3. The van der Waals surface area contributed by atoms with E-state index in [0.29, 0.717) is 26.3 Å². The molecule has 1 aromatic carbocycles. The molecule has 0 bridgehead atoms. The number of rotatable bonds is 3. The number of aryl methyl sites for hydroxylation is 1. The molecular weight excluding hydrogens is 419 g/mol. The van der Waals surface area contributed by atoms with Crippen molar-refractivity contribution < 1.29 is 22.7 Å². The number of aromatic amines is 1. The average Bonchev–Trinajstić information content (AvgIpc) is 3.22. The number of benzene rings is 1. The fourth-order valence-electron chi connectivity index (χ4n) is 3.54. The summed E-state index contributed by atoms with van der Waals surface area (Å²) in [5.41, 5.74) is -2.66. The number of ether oxygens (including phenoxy) is 1. The lowest BCUT2D eigenvalue weighted by Crippen LogP contribution is -2.47. The molecule has 0 atom stereocenters. The van der Waals surface area contributed by atoms with Crippen molar-refractivity contribution >= 4 is 16.8 Å². The van der Waals surface area contributed by atoms with Crippen molar-refractivity contribution in [3.05, 3.63) is 50.9 Å². The van der Waals surface area contributed by atoms with Gasteiger partial charge in [0.2, 0.25) is 5.91 Å². The summed E-state index contributed by atoms with van der Waals surface area (Å²) in [6, 6.07) is 1.74. The first-order valence-corrected chi connectivity index (χ1v) is 9.37. The number of nitrogens with one attached hydrogen (secondary N) is 1. The van der Waals surface area contributed by atoms with E-state index in [0.717, 1.165) is 21.3 Å². The van der Waals surface area contributed by atoms with Crippen molar-refractivity contribution in [2.45, 2.75) is 12.7 Å². The summed E-state index contributed by atoms with van der Waals surface area (Å²) in [7, 11) is 1.36. The number of amides is 1. The van der Waals surface area contributed by atoms with Gasteiger partial charge in [-0.05, 0) is 12.1 Å².